The molecule has 6 rings (SSSR count). The Hall–Kier alpha value is -3.65. The van der Waals surface area contributed by atoms with Gasteiger partial charge in [0.05, 0.1) is 24.6 Å². The van der Waals surface area contributed by atoms with E-state index in [-0.39, 0.29) is 35.0 Å². The number of nitrogens with one attached hydrogen (secondary N) is 2. The number of benzene rings is 2. The van der Waals surface area contributed by atoms with Crippen LogP contribution in [-0.4, -0.2) is 68.8 Å². The third kappa shape index (κ3) is 7.62. The summed E-state index contributed by atoms with van der Waals surface area (Å²) in [5.41, 5.74) is -1.53. The average Bonchev–Trinajstić information content (AvgIpc) is 3.33. The van der Waals surface area contributed by atoms with Gasteiger partial charge in [-0.15, -0.1) is 0 Å². The van der Waals surface area contributed by atoms with Gasteiger partial charge in [0.2, 0.25) is 5.28 Å². The average molecular weight is 748 g/mol. The van der Waals surface area contributed by atoms with E-state index in [9.17, 15) is 18.9 Å². The largest absolute Gasteiger partial charge is 0.464 e. The number of halogens is 3. The quantitative estimate of drug-likeness (QED) is 0.0622. The van der Waals surface area contributed by atoms with Gasteiger partial charge in [-0.3, -0.25) is 9.32 Å². The summed E-state index contributed by atoms with van der Waals surface area (Å²) in [7, 11) is -4.29. The number of hydrogen-bond donors (Lipinski definition) is 3. The molecule has 2 fully saturated rings. The number of rotatable bonds is 16. The summed E-state index contributed by atoms with van der Waals surface area (Å²) in [5, 5.41) is 17.3. The number of carbonyl (C=O) groups excluding carboxylic acids is 1. The number of carbonyl (C=O) groups is 1. The van der Waals surface area contributed by atoms with Gasteiger partial charge in [0, 0.05) is 11.8 Å². The second-order valence-electron chi connectivity index (χ2n) is 12.9. The zero-order chi connectivity index (χ0) is 36.5. The summed E-state index contributed by atoms with van der Waals surface area (Å²) < 4.78 is 69.1. The Morgan fingerprint density at radius 1 is 1.12 bits per heavy atom. The number of nitrogens with zero attached hydrogens (tertiary/aromatic N) is 3. The van der Waals surface area contributed by atoms with Crippen LogP contribution < -0.4 is 14.9 Å². The molecule has 12 nitrogen and oxygen atoms in total. The Kier molecular flexibility index (Phi) is 11.0. The number of aliphatic hydroxyl groups is 1. The van der Waals surface area contributed by atoms with Crippen molar-refractivity contribution in [3.8, 4) is 5.75 Å². The maximum atomic E-state index is 16.5. The van der Waals surface area contributed by atoms with Crippen molar-refractivity contribution in [3.05, 3.63) is 83.5 Å². The highest BCUT2D eigenvalue weighted by molar-refractivity contribution is 7.52. The summed E-state index contributed by atoms with van der Waals surface area (Å²) >= 11 is 6.27. The van der Waals surface area contributed by atoms with E-state index in [1.165, 1.54) is 17.6 Å². The minimum atomic E-state index is -4.29. The van der Waals surface area contributed by atoms with Crippen LogP contribution >= 0.6 is 19.3 Å². The van der Waals surface area contributed by atoms with Crippen molar-refractivity contribution in [3.63, 3.8) is 0 Å². The standard InChI is InChI=1S/C35H41ClF2N5O7P/c1-5-22(6-2)18-47-33(45)21(4)42-51(46,50-23-12-8-7-9-13-23)48-19-27-29(44)35(38)28(30(35)49-27)43-17-16-25-31(40-34(36)41-32(25)43)39-20(3)24-14-10-11-15-26(24)37/h7-17,20-22,27-30,44H,5-6,18-19H2,1-4H3,(H,42,46)(H,39,40,41)/t20-,21-,27+,28+,29?,30?,35?,51?/m0/s1. The van der Waals surface area contributed by atoms with Gasteiger partial charge in [-0.2, -0.15) is 10.1 Å². The molecule has 1 saturated heterocycles. The van der Waals surface area contributed by atoms with Crippen molar-refractivity contribution < 1.29 is 41.8 Å². The van der Waals surface area contributed by atoms with Gasteiger partial charge in [-0.1, -0.05) is 63.1 Å². The van der Waals surface area contributed by atoms with Crippen LogP contribution in [0.1, 0.15) is 58.2 Å². The fourth-order valence-electron chi connectivity index (χ4n) is 6.36. The first kappa shape index (κ1) is 37.1. The molecule has 2 aliphatic rings. The van der Waals surface area contributed by atoms with Crippen LogP contribution in [0.2, 0.25) is 5.28 Å². The summed E-state index contributed by atoms with van der Waals surface area (Å²) in [4.78, 5) is 21.4. The maximum Gasteiger partial charge on any atom is 0.459 e. The molecular formula is C35H41ClF2N5O7P. The SMILES string of the molecule is CCC(CC)COC(=O)[C@H](C)NP(=O)(OC[C@H]1OC2[C@@H](n3ccc4c(N[C@@H](C)c5ccccc5F)nc(Cl)nc43)C2(F)C1O)Oc1ccccc1. The number of anilines is 1. The van der Waals surface area contributed by atoms with E-state index in [1.54, 1.807) is 67.7 Å². The van der Waals surface area contributed by atoms with Gasteiger partial charge >= 0.3 is 13.7 Å². The van der Waals surface area contributed by atoms with E-state index < -0.39 is 62.4 Å². The molecule has 8 atom stereocenters. The van der Waals surface area contributed by atoms with E-state index in [1.807, 2.05) is 13.8 Å². The molecule has 1 aliphatic carbocycles. The molecule has 3 heterocycles. The molecule has 0 spiro atoms. The molecule has 2 aromatic heterocycles. The molecule has 1 aliphatic heterocycles. The molecule has 4 unspecified atom stereocenters. The lowest BCUT2D eigenvalue weighted by Gasteiger charge is -2.26. The fraction of sp³-hybridized carbons (Fsp3) is 0.457. The van der Waals surface area contributed by atoms with Crippen molar-refractivity contribution in [2.24, 2.45) is 5.92 Å². The van der Waals surface area contributed by atoms with Gasteiger partial charge in [0.25, 0.3) is 0 Å². The molecule has 0 radical (unpaired) electrons. The topological polar surface area (TPSA) is 146 Å². The van der Waals surface area contributed by atoms with Gasteiger partial charge < -0.3 is 29.0 Å². The summed E-state index contributed by atoms with van der Waals surface area (Å²) in [6.45, 7) is 6.94. The predicted octanol–water partition coefficient (Wildman–Crippen LogP) is 6.95. The van der Waals surface area contributed by atoms with Crippen LogP contribution in [0, 0.1) is 11.7 Å². The first-order valence-corrected chi connectivity index (χ1v) is 18.8. The zero-order valence-corrected chi connectivity index (χ0v) is 30.2. The molecule has 3 N–H and O–H groups in total. The first-order valence-electron chi connectivity index (χ1n) is 16.9. The molecule has 51 heavy (non-hydrogen) atoms. The maximum absolute atomic E-state index is 16.5. The summed E-state index contributed by atoms with van der Waals surface area (Å²) in [5.74, 6) is -0.322. The number of esters is 1. The van der Waals surface area contributed by atoms with E-state index in [2.05, 4.69) is 20.4 Å². The number of ether oxygens (including phenoxy) is 2. The normalized spacial score (nSPS) is 24.9. The van der Waals surface area contributed by atoms with E-state index in [4.69, 9.17) is 30.1 Å². The van der Waals surface area contributed by atoms with Gasteiger partial charge in [0.15, 0.2) is 5.67 Å². The molecular weight excluding hydrogens is 707 g/mol. The highest BCUT2D eigenvalue weighted by Crippen LogP contribution is 2.62. The molecule has 274 valence electrons. The molecule has 0 bridgehead atoms. The molecule has 2 aromatic carbocycles. The van der Waals surface area contributed by atoms with Crippen molar-refractivity contribution in [2.45, 2.75) is 82.6 Å². The predicted molar refractivity (Wildman–Crippen MR) is 187 cm³/mol. The lowest BCUT2D eigenvalue weighted by Crippen LogP contribution is -2.40. The van der Waals surface area contributed by atoms with E-state index >= 15 is 4.39 Å². The third-order valence-electron chi connectivity index (χ3n) is 9.46. The Bertz CT molecular complexity index is 1900. The van der Waals surface area contributed by atoms with Crippen molar-refractivity contribution in [1.82, 2.24) is 19.6 Å². The summed E-state index contributed by atoms with van der Waals surface area (Å²) in [6.07, 6.45) is -0.739. The minimum absolute atomic E-state index is 0.118. The van der Waals surface area contributed by atoms with Crippen molar-refractivity contribution in [1.29, 1.82) is 0 Å². The molecule has 0 amide bonds. The van der Waals surface area contributed by atoms with Crippen LogP contribution in [-0.2, 0) is 23.4 Å². The number of aliphatic hydroxyl groups excluding tert-OH is 1. The molecule has 16 heteroatoms. The second kappa shape index (κ2) is 15.1. The summed E-state index contributed by atoms with van der Waals surface area (Å²) in [6, 6.07) is 13.7. The minimum Gasteiger partial charge on any atom is -0.464 e. The van der Waals surface area contributed by atoms with Crippen LogP contribution in [0.5, 0.6) is 5.75 Å². The Balaban J connectivity index is 1.14. The Labute approximate surface area is 299 Å². The molecule has 4 aromatic rings. The first-order chi connectivity index (χ1) is 24.4. The van der Waals surface area contributed by atoms with Gasteiger partial charge in [-0.05, 0) is 55.6 Å². The Morgan fingerprint density at radius 2 is 1.82 bits per heavy atom. The van der Waals surface area contributed by atoms with Crippen molar-refractivity contribution >= 4 is 42.2 Å². The highest BCUT2D eigenvalue weighted by atomic mass is 35.5. The number of hydrogen-bond acceptors (Lipinski definition) is 10. The number of para-hydroxylation sites is 1. The van der Waals surface area contributed by atoms with E-state index in [0.29, 0.717) is 16.8 Å². The second-order valence-corrected chi connectivity index (χ2v) is 14.9. The van der Waals surface area contributed by atoms with E-state index in [0.717, 1.165) is 12.8 Å². The lowest BCUT2D eigenvalue weighted by atomic mass is 10.1. The van der Waals surface area contributed by atoms with Gasteiger partial charge in [-0.25, -0.2) is 18.3 Å². The lowest BCUT2D eigenvalue weighted by molar-refractivity contribution is -0.146. The van der Waals surface area contributed by atoms with Crippen LogP contribution in [0.3, 0.4) is 0 Å². The Morgan fingerprint density at radius 3 is 2.49 bits per heavy atom. The monoisotopic (exact) mass is 747 g/mol. The number of fused-ring (bicyclic) bond motifs is 2. The van der Waals surface area contributed by atoms with Crippen LogP contribution in [0.4, 0.5) is 14.6 Å². The zero-order valence-electron chi connectivity index (χ0n) is 28.5. The highest BCUT2D eigenvalue weighted by Gasteiger charge is 2.79. The van der Waals surface area contributed by atoms with Crippen LogP contribution in [0.25, 0.3) is 11.0 Å². The third-order valence-corrected chi connectivity index (χ3v) is 11.3. The smallest absolute Gasteiger partial charge is 0.459 e. The number of aromatic nitrogens is 3. The molecule has 1 saturated carbocycles. The number of alkyl halides is 1. The fourth-order valence-corrected chi connectivity index (χ4v) is 8.03. The van der Waals surface area contributed by atoms with Crippen LogP contribution in [0.15, 0.2) is 66.9 Å². The van der Waals surface area contributed by atoms with Crippen molar-refractivity contribution in [2.75, 3.05) is 18.5 Å². The van der Waals surface area contributed by atoms with Gasteiger partial charge in [0.1, 0.15) is 53.4 Å².